The van der Waals surface area contributed by atoms with Crippen LogP contribution in [0.4, 0.5) is 0 Å². The first-order chi connectivity index (χ1) is 13.2. The summed E-state index contributed by atoms with van der Waals surface area (Å²) in [7, 11) is 1.37. The Kier molecular flexibility index (Phi) is 5.19. The summed E-state index contributed by atoms with van der Waals surface area (Å²) in [5.74, 6) is 0.245. The van der Waals surface area contributed by atoms with Crippen LogP contribution in [0.2, 0.25) is 0 Å². The van der Waals surface area contributed by atoms with Crippen molar-refractivity contribution in [2.24, 2.45) is 5.92 Å². The number of rotatable bonds is 4. The highest BCUT2D eigenvalue weighted by molar-refractivity contribution is 5.87. The summed E-state index contributed by atoms with van der Waals surface area (Å²) in [6.45, 7) is 0.732. The third-order valence-electron chi connectivity index (χ3n) is 6.27. The van der Waals surface area contributed by atoms with Crippen molar-refractivity contribution in [2.75, 3.05) is 13.7 Å². The van der Waals surface area contributed by atoms with E-state index in [1.54, 1.807) is 0 Å². The van der Waals surface area contributed by atoms with Crippen LogP contribution in [0.5, 0.6) is 0 Å². The van der Waals surface area contributed by atoms with Gasteiger partial charge in [-0.3, -0.25) is 9.59 Å². The van der Waals surface area contributed by atoms with E-state index < -0.39 is 0 Å². The molecule has 1 atom stereocenters. The second kappa shape index (κ2) is 7.75. The Morgan fingerprint density at radius 3 is 2.70 bits per heavy atom. The number of esters is 1. The molecule has 1 N–H and O–H groups in total. The van der Waals surface area contributed by atoms with Crippen LogP contribution in [0, 0.1) is 5.92 Å². The van der Waals surface area contributed by atoms with Gasteiger partial charge in [-0.1, -0.05) is 37.5 Å². The van der Waals surface area contributed by atoms with Crippen molar-refractivity contribution in [3.63, 3.8) is 0 Å². The Morgan fingerprint density at radius 2 is 1.93 bits per heavy atom. The smallest absolute Gasteiger partial charge is 0.306 e. The largest absolute Gasteiger partial charge is 0.469 e. The molecule has 1 amide bonds. The molecule has 1 saturated carbocycles. The molecule has 1 fully saturated rings. The number of para-hydroxylation sites is 1. The van der Waals surface area contributed by atoms with Crippen LogP contribution < -0.4 is 0 Å². The van der Waals surface area contributed by atoms with Crippen molar-refractivity contribution in [1.82, 2.24) is 9.88 Å². The van der Waals surface area contributed by atoms with Gasteiger partial charge in [0.15, 0.2) is 0 Å². The molecule has 2 heterocycles. The Bertz CT molecular complexity index is 835. The van der Waals surface area contributed by atoms with Crippen LogP contribution in [-0.4, -0.2) is 35.4 Å². The molecule has 1 unspecified atom stereocenters. The summed E-state index contributed by atoms with van der Waals surface area (Å²) < 4.78 is 4.71. The maximum absolute atomic E-state index is 13.0. The monoisotopic (exact) mass is 368 g/mol. The van der Waals surface area contributed by atoms with Crippen molar-refractivity contribution in [2.45, 2.75) is 57.4 Å². The van der Waals surface area contributed by atoms with E-state index in [9.17, 15) is 9.59 Å². The Hall–Kier alpha value is -2.30. The summed E-state index contributed by atoms with van der Waals surface area (Å²) in [6.07, 6.45) is 7.35. The van der Waals surface area contributed by atoms with Gasteiger partial charge in [-0.2, -0.15) is 0 Å². The third kappa shape index (κ3) is 3.47. The van der Waals surface area contributed by atoms with Gasteiger partial charge in [0.1, 0.15) is 0 Å². The molecular weight excluding hydrogens is 340 g/mol. The van der Waals surface area contributed by atoms with E-state index in [1.165, 1.54) is 55.9 Å². The number of benzene rings is 1. The minimum Gasteiger partial charge on any atom is -0.469 e. The molecule has 1 aliphatic carbocycles. The molecule has 27 heavy (non-hydrogen) atoms. The van der Waals surface area contributed by atoms with Crippen molar-refractivity contribution >= 4 is 22.8 Å². The maximum Gasteiger partial charge on any atom is 0.306 e. The second-order valence-corrected chi connectivity index (χ2v) is 7.82. The number of nitrogens with one attached hydrogen (secondary N) is 1. The lowest BCUT2D eigenvalue weighted by Gasteiger charge is -2.42. The zero-order chi connectivity index (χ0) is 18.8. The van der Waals surface area contributed by atoms with Crippen LogP contribution in [0.25, 0.3) is 10.9 Å². The minimum atomic E-state index is -0.319. The number of aromatic amines is 1. The van der Waals surface area contributed by atoms with Crippen LogP contribution in [-0.2, 0) is 20.7 Å². The highest BCUT2D eigenvalue weighted by atomic mass is 16.5. The molecule has 0 saturated heterocycles. The van der Waals surface area contributed by atoms with Crippen LogP contribution >= 0.6 is 0 Å². The highest BCUT2D eigenvalue weighted by Crippen LogP contribution is 2.43. The van der Waals surface area contributed by atoms with E-state index in [4.69, 9.17) is 4.74 Å². The van der Waals surface area contributed by atoms with Crippen molar-refractivity contribution < 1.29 is 14.3 Å². The lowest BCUT2D eigenvalue weighted by molar-refractivity contribution is -0.145. The molecule has 144 valence electrons. The van der Waals surface area contributed by atoms with E-state index in [0.717, 1.165) is 18.5 Å². The number of fused-ring (bicyclic) bond motifs is 3. The van der Waals surface area contributed by atoms with Gasteiger partial charge in [-0.05, 0) is 36.8 Å². The van der Waals surface area contributed by atoms with E-state index in [2.05, 4.69) is 29.2 Å². The zero-order valence-electron chi connectivity index (χ0n) is 16.0. The summed E-state index contributed by atoms with van der Waals surface area (Å²) in [5.41, 5.74) is 3.76. The summed E-state index contributed by atoms with van der Waals surface area (Å²) in [5, 5.41) is 1.29. The number of aromatic nitrogens is 1. The predicted molar refractivity (Wildman–Crippen MR) is 104 cm³/mol. The van der Waals surface area contributed by atoms with Crippen LogP contribution in [0.15, 0.2) is 24.3 Å². The van der Waals surface area contributed by atoms with Gasteiger partial charge in [0, 0.05) is 29.6 Å². The summed E-state index contributed by atoms with van der Waals surface area (Å²) >= 11 is 0. The lowest BCUT2D eigenvalue weighted by Crippen LogP contribution is -2.43. The number of methoxy groups -OCH3 is 1. The third-order valence-corrected chi connectivity index (χ3v) is 6.27. The Morgan fingerprint density at radius 1 is 1.15 bits per heavy atom. The molecule has 0 bridgehead atoms. The Labute approximate surface area is 160 Å². The molecule has 2 aliphatic rings. The zero-order valence-corrected chi connectivity index (χ0v) is 16.0. The molecule has 2 aromatic rings. The lowest BCUT2D eigenvalue weighted by atomic mass is 9.79. The first-order valence-electron chi connectivity index (χ1n) is 10.1. The number of nitrogens with zero attached hydrogens (tertiary/aromatic N) is 1. The minimum absolute atomic E-state index is 0.0697. The molecule has 1 aliphatic heterocycles. The van der Waals surface area contributed by atoms with Gasteiger partial charge in [-0.25, -0.2) is 0 Å². The van der Waals surface area contributed by atoms with Gasteiger partial charge < -0.3 is 14.6 Å². The predicted octanol–water partition coefficient (Wildman–Crippen LogP) is 4.13. The molecule has 5 nitrogen and oxygen atoms in total. The molecule has 1 aromatic carbocycles. The average Bonchev–Trinajstić information content (AvgIpc) is 3.10. The fourth-order valence-corrected chi connectivity index (χ4v) is 4.94. The molecule has 1 aromatic heterocycles. The standard InChI is InChI=1S/C22H28N2O3/c1-27-20(26)12-11-19(25)24-14-13-17-16-9-5-6-10-18(16)23-21(17)22(24)15-7-3-2-4-8-15/h5-6,9-10,15,22-23H,2-4,7-8,11-14H2,1H3. The number of hydrogen-bond donors (Lipinski definition) is 1. The number of carbonyl (C=O) groups is 2. The fraction of sp³-hybridized carbons (Fsp3) is 0.545. The molecule has 4 rings (SSSR count). The van der Waals surface area contributed by atoms with Crippen LogP contribution in [0.3, 0.4) is 0 Å². The van der Waals surface area contributed by atoms with Gasteiger partial charge in [0.05, 0.1) is 19.6 Å². The normalized spacial score (nSPS) is 20.5. The van der Waals surface area contributed by atoms with E-state index in [0.29, 0.717) is 5.92 Å². The number of carbonyl (C=O) groups excluding carboxylic acids is 2. The van der Waals surface area contributed by atoms with E-state index in [1.807, 2.05) is 4.90 Å². The first kappa shape index (κ1) is 18.1. The molecule has 0 radical (unpaired) electrons. The van der Waals surface area contributed by atoms with Crippen molar-refractivity contribution in [3.8, 4) is 0 Å². The summed E-state index contributed by atoms with van der Waals surface area (Å²) in [6, 6.07) is 8.54. The van der Waals surface area contributed by atoms with Gasteiger partial charge >= 0.3 is 5.97 Å². The Balaban J connectivity index is 1.67. The quantitative estimate of drug-likeness (QED) is 0.826. The molecule has 0 spiro atoms. The number of ether oxygens (including phenoxy) is 1. The van der Waals surface area contributed by atoms with Gasteiger partial charge in [0.25, 0.3) is 0 Å². The topological polar surface area (TPSA) is 62.4 Å². The van der Waals surface area contributed by atoms with Gasteiger partial charge in [-0.15, -0.1) is 0 Å². The van der Waals surface area contributed by atoms with E-state index in [-0.39, 0.29) is 30.8 Å². The number of amides is 1. The average molecular weight is 368 g/mol. The van der Waals surface area contributed by atoms with Crippen molar-refractivity contribution in [3.05, 3.63) is 35.5 Å². The van der Waals surface area contributed by atoms with Crippen LogP contribution in [0.1, 0.15) is 62.2 Å². The van der Waals surface area contributed by atoms with Gasteiger partial charge in [0.2, 0.25) is 5.91 Å². The maximum atomic E-state index is 13.0. The number of hydrogen-bond acceptors (Lipinski definition) is 3. The fourth-order valence-electron chi connectivity index (χ4n) is 4.94. The molecule has 5 heteroatoms. The SMILES string of the molecule is COC(=O)CCC(=O)N1CCc2c([nH]c3ccccc23)C1C1CCCCC1. The first-order valence-corrected chi connectivity index (χ1v) is 10.1. The highest BCUT2D eigenvalue weighted by Gasteiger charge is 2.38. The number of H-pyrrole nitrogens is 1. The van der Waals surface area contributed by atoms with E-state index >= 15 is 0 Å². The van der Waals surface area contributed by atoms with Crippen molar-refractivity contribution in [1.29, 1.82) is 0 Å². The second-order valence-electron chi connectivity index (χ2n) is 7.82. The molecular formula is C22H28N2O3. The summed E-state index contributed by atoms with van der Waals surface area (Å²) in [4.78, 5) is 30.2.